The summed E-state index contributed by atoms with van der Waals surface area (Å²) in [6.45, 7) is 2.10. The maximum atomic E-state index is 12.8. The number of nitrogens with zero attached hydrogens (tertiary/aromatic N) is 1. The molecule has 140 valence electrons. The summed E-state index contributed by atoms with van der Waals surface area (Å²) in [6.07, 6.45) is 2.12. The van der Waals surface area contributed by atoms with E-state index in [-0.39, 0.29) is 24.4 Å². The number of amides is 1. The molecular formula is C20H24Cl2N2O2. The van der Waals surface area contributed by atoms with E-state index in [0.29, 0.717) is 22.9 Å². The molecule has 0 aromatic heterocycles. The molecular weight excluding hydrogens is 371 g/mol. The molecule has 1 unspecified atom stereocenters. The van der Waals surface area contributed by atoms with Gasteiger partial charge in [-0.25, -0.2) is 0 Å². The number of halogens is 2. The maximum absolute atomic E-state index is 12.8. The van der Waals surface area contributed by atoms with Crippen LogP contribution in [0, 0.1) is 0 Å². The van der Waals surface area contributed by atoms with Crippen LogP contribution in [0.25, 0.3) is 0 Å². The summed E-state index contributed by atoms with van der Waals surface area (Å²) in [5.74, 6) is 0.778. The third-order valence-corrected chi connectivity index (χ3v) is 4.73. The Morgan fingerprint density at radius 1 is 1.27 bits per heavy atom. The highest BCUT2D eigenvalue weighted by Crippen LogP contribution is 2.22. The lowest BCUT2D eigenvalue weighted by Gasteiger charge is -2.24. The largest absolute Gasteiger partial charge is 0.489 e. The topological polar surface area (TPSA) is 41.6 Å². The second kappa shape index (κ2) is 9.81. The van der Waals surface area contributed by atoms with Crippen LogP contribution >= 0.6 is 24.0 Å². The molecule has 1 heterocycles. The molecule has 2 aromatic carbocycles. The standard InChI is InChI=1S/C20H23ClN2O2.ClH/c1-22-13-18-5-3-11-23(18)20(24)16-4-2-6-19(12-16)25-14-15-7-9-17(21)10-8-15;/h2,4,6-10,12,18,22H,3,5,11,13-14H2,1H3;1H. The van der Waals surface area contributed by atoms with E-state index in [1.807, 2.05) is 60.5 Å². The zero-order chi connectivity index (χ0) is 17.6. The molecule has 1 aliphatic heterocycles. The second-order valence-corrected chi connectivity index (χ2v) is 6.73. The van der Waals surface area contributed by atoms with E-state index < -0.39 is 0 Å². The Morgan fingerprint density at radius 3 is 2.77 bits per heavy atom. The monoisotopic (exact) mass is 394 g/mol. The molecule has 0 aliphatic carbocycles. The van der Waals surface area contributed by atoms with Gasteiger partial charge in [-0.05, 0) is 55.8 Å². The Hall–Kier alpha value is -1.75. The number of likely N-dealkylation sites (N-methyl/N-ethyl adjacent to an activating group) is 1. The van der Waals surface area contributed by atoms with Gasteiger partial charge in [0, 0.05) is 29.7 Å². The average Bonchev–Trinajstić information content (AvgIpc) is 3.09. The van der Waals surface area contributed by atoms with Crippen molar-refractivity contribution in [1.82, 2.24) is 10.2 Å². The smallest absolute Gasteiger partial charge is 0.254 e. The van der Waals surface area contributed by atoms with Crippen molar-refractivity contribution in [3.63, 3.8) is 0 Å². The van der Waals surface area contributed by atoms with Crippen LogP contribution in [-0.4, -0.2) is 37.0 Å². The lowest BCUT2D eigenvalue weighted by Crippen LogP contribution is -2.40. The lowest BCUT2D eigenvalue weighted by atomic mass is 10.1. The van der Waals surface area contributed by atoms with Gasteiger partial charge < -0.3 is 15.0 Å². The predicted octanol–water partition coefficient (Wildman–Crippen LogP) is 4.16. The first-order chi connectivity index (χ1) is 12.2. The van der Waals surface area contributed by atoms with Crippen molar-refractivity contribution >= 4 is 29.9 Å². The van der Waals surface area contributed by atoms with Gasteiger partial charge in [-0.15, -0.1) is 12.4 Å². The highest BCUT2D eigenvalue weighted by atomic mass is 35.5. The molecule has 1 fully saturated rings. The molecule has 1 aliphatic rings. The first-order valence-corrected chi connectivity index (χ1v) is 8.98. The van der Waals surface area contributed by atoms with Crippen LogP contribution in [0.15, 0.2) is 48.5 Å². The quantitative estimate of drug-likeness (QED) is 0.799. The fourth-order valence-corrected chi connectivity index (χ4v) is 3.31. The minimum atomic E-state index is 0. The van der Waals surface area contributed by atoms with Gasteiger partial charge in [0.2, 0.25) is 0 Å². The molecule has 6 heteroatoms. The molecule has 1 saturated heterocycles. The van der Waals surface area contributed by atoms with Crippen molar-refractivity contribution in [2.45, 2.75) is 25.5 Å². The molecule has 3 rings (SSSR count). The predicted molar refractivity (Wildman–Crippen MR) is 107 cm³/mol. The maximum Gasteiger partial charge on any atom is 0.254 e. The normalized spacial score (nSPS) is 16.2. The van der Waals surface area contributed by atoms with E-state index >= 15 is 0 Å². The van der Waals surface area contributed by atoms with E-state index in [1.54, 1.807) is 0 Å². The average molecular weight is 395 g/mol. The third-order valence-electron chi connectivity index (χ3n) is 4.48. The molecule has 0 saturated carbocycles. The molecule has 26 heavy (non-hydrogen) atoms. The third kappa shape index (κ3) is 5.13. The lowest BCUT2D eigenvalue weighted by molar-refractivity contribution is 0.0736. The van der Waals surface area contributed by atoms with Crippen LogP contribution in [0.5, 0.6) is 5.75 Å². The van der Waals surface area contributed by atoms with E-state index in [2.05, 4.69) is 5.32 Å². The van der Waals surface area contributed by atoms with Gasteiger partial charge in [0.1, 0.15) is 12.4 Å². The molecule has 0 bridgehead atoms. The number of hydrogen-bond donors (Lipinski definition) is 1. The molecule has 2 aromatic rings. The van der Waals surface area contributed by atoms with Gasteiger partial charge in [0.25, 0.3) is 5.91 Å². The van der Waals surface area contributed by atoms with Gasteiger partial charge >= 0.3 is 0 Å². The first kappa shape index (κ1) is 20.6. The number of nitrogens with one attached hydrogen (secondary N) is 1. The molecule has 1 N–H and O–H groups in total. The van der Waals surface area contributed by atoms with Crippen molar-refractivity contribution in [3.05, 3.63) is 64.7 Å². The number of carbonyl (C=O) groups is 1. The fourth-order valence-electron chi connectivity index (χ4n) is 3.18. The Balaban J connectivity index is 0.00000243. The summed E-state index contributed by atoms with van der Waals surface area (Å²) >= 11 is 5.89. The number of ether oxygens (including phenoxy) is 1. The van der Waals surface area contributed by atoms with E-state index in [1.165, 1.54) is 0 Å². The van der Waals surface area contributed by atoms with Crippen molar-refractivity contribution in [1.29, 1.82) is 0 Å². The Labute approximate surface area is 165 Å². The van der Waals surface area contributed by atoms with Crippen molar-refractivity contribution in [2.24, 2.45) is 0 Å². The van der Waals surface area contributed by atoms with Gasteiger partial charge in [-0.3, -0.25) is 4.79 Å². The zero-order valence-corrected chi connectivity index (χ0v) is 16.4. The summed E-state index contributed by atoms with van der Waals surface area (Å²) < 4.78 is 5.83. The van der Waals surface area contributed by atoms with Gasteiger partial charge in [-0.2, -0.15) is 0 Å². The summed E-state index contributed by atoms with van der Waals surface area (Å²) in [7, 11) is 1.92. The van der Waals surface area contributed by atoms with Gasteiger partial charge in [0.15, 0.2) is 0 Å². The summed E-state index contributed by atoms with van der Waals surface area (Å²) in [5.41, 5.74) is 1.71. The summed E-state index contributed by atoms with van der Waals surface area (Å²) in [4.78, 5) is 14.8. The van der Waals surface area contributed by atoms with Crippen LogP contribution in [0.1, 0.15) is 28.8 Å². The van der Waals surface area contributed by atoms with Gasteiger partial charge in [-0.1, -0.05) is 29.8 Å². The Bertz CT molecular complexity index is 722. The molecule has 1 amide bonds. The van der Waals surface area contributed by atoms with E-state index in [0.717, 1.165) is 31.5 Å². The minimum absolute atomic E-state index is 0. The summed E-state index contributed by atoms with van der Waals surface area (Å²) in [6, 6.07) is 15.3. The van der Waals surface area contributed by atoms with Crippen LogP contribution in [0.2, 0.25) is 5.02 Å². The highest BCUT2D eigenvalue weighted by molar-refractivity contribution is 6.30. The zero-order valence-electron chi connectivity index (χ0n) is 14.8. The fraction of sp³-hybridized carbons (Fsp3) is 0.350. The van der Waals surface area contributed by atoms with Crippen molar-refractivity contribution in [2.75, 3.05) is 20.1 Å². The van der Waals surface area contributed by atoms with Crippen LogP contribution < -0.4 is 10.1 Å². The molecule has 0 spiro atoms. The van der Waals surface area contributed by atoms with Gasteiger partial charge in [0.05, 0.1) is 0 Å². The van der Waals surface area contributed by atoms with E-state index in [9.17, 15) is 4.79 Å². The van der Waals surface area contributed by atoms with Crippen LogP contribution in [-0.2, 0) is 6.61 Å². The second-order valence-electron chi connectivity index (χ2n) is 6.30. The summed E-state index contributed by atoms with van der Waals surface area (Å²) in [5, 5.41) is 3.88. The molecule has 0 radical (unpaired) electrons. The first-order valence-electron chi connectivity index (χ1n) is 8.60. The number of likely N-dealkylation sites (tertiary alicyclic amines) is 1. The number of hydrogen-bond acceptors (Lipinski definition) is 3. The minimum Gasteiger partial charge on any atom is -0.489 e. The number of carbonyl (C=O) groups excluding carboxylic acids is 1. The number of benzene rings is 2. The Morgan fingerprint density at radius 2 is 2.04 bits per heavy atom. The highest BCUT2D eigenvalue weighted by Gasteiger charge is 2.28. The van der Waals surface area contributed by atoms with Crippen molar-refractivity contribution < 1.29 is 9.53 Å². The van der Waals surface area contributed by atoms with Crippen LogP contribution in [0.3, 0.4) is 0 Å². The van der Waals surface area contributed by atoms with Crippen molar-refractivity contribution in [3.8, 4) is 5.75 Å². The SMILES string of the molecule is CNCC1CCCN1C(=O)c1cccc(OCc2ccc(Cl)cc2)c1.Cl. The number of rotatable bonds is 6. The molecule has 1 atom stereocenters. The Kier molecular flexibility index (Phi) is 7.76. The molecule has 4 nitrogen and oxygen atoms in total. The van der Waals surface area contributed by atoms with E-state index in [4.69, 9.17) is 16.3 Å². The van der Waals surface area contributed by atoms with Crippen LogP contribution in [0.4, 0.5) is 0 Å².